The standard InChI is InChI=1S/C9H10BrNO2/c1-5-7(10)2-6(3-8(5)12)9(13)4-11/h2-3,12H,4,11H2,1H3. The predicted molar refractivity (Wildman–Crippen MR) is 53.9 cm³/mol. The summed E-state index contributed by atoms with van der Waals surface area (Å²) < 4.78 is 0.712. The predicted octanol–water partition coefficient (Wildman–Crippen LogP) is 1.60. The molecule has 0 heterocycles. The number of carbonyl (C=O) groups is 1. The molecule has 0 aliphatic carbocycles. The number of rotatable bonds is 2. The summed E-state index contributed by atoms with van der Waals surface area (Å²) in [6.07, 6.45) is 0. The first kappa shape index (κ1) is 10.2. The van der Waals surface area contributed by atoms with Crippen molar-refractivity contribution in [3.05, 3.63) is 27.7 Å². The molecule has 4 heteroatoms. The lowest BCUT2D eigenvalue weighted by atomic mass is 10.1. The number of nitrogens with two attached hydrogens (primary N) is 1. The number of ketones is 1. The Labute approximate surface area is 84.7 Å². The van der Waals surface area contributed by atoms with E-state index in [-0.39, 0.29) is 18.1 Å². The number of carbonyl (C=O) groups excluding carboxylic acids is 1. The van der Waals surface area contributed by atoms with Crippen molar-refractivity contribution in [2.75, 3.05) is 6.54 Å². The van der Waals surface area contributed by atoms with E-state index in [0.29, 0.717) is 15.6 Å². The molecular formula is C9H10BrNO2. The molecule has 1 rings (SSSR count). The van der Waals surface area contributed by atoms with Gasteiger partial charge in [0.1, 0.15) is 5.75 Å². The molecule has 0 saturated heterocycles. The van der Waals surface area contributed by atoms with E-state index in [2.05, 4.69) is 15.9 Å². The highest BCUT2D eigenvalue weighted by Gasteiger charge is 2.08. The van der Waals surface area contributed by atoms with E-state index in [1.54, 1.807) is 13.0 Å². The average Bonchev–Trinajstić information content (AvgIpc) is 2.12. The molecule has 1 aromatic rings. The average molecular weight is 244 g/mol. The summed E-state index contributed by atoms with van der Waals surface area (Å²) in [5, 5.41) is 9.40. The quantitative estimate of drug-likeness (QED) is 0.776. The number of aromatic hydroxyl groups is 1. The third kappa shape index (κ3) is 2.08. The zero-order valence-electron chi connectivity index (χ0n) is 7.17. The van der Waals surface area contributed by atoms with E-state index in [1.165, 1.54) is 6.07 Å². The second-order valence-electron chi connectivity index (χ2n) is 2.73. The topological polar surface area (TPSA) is 63.3 Å². The van der Waals surface area contributed by atoms with Crippen molar-refractivity contribution >= 4 is 21.7 Å². The monoisotopic (exact) mass is 243 g/mol. The fraction of sp³-hybridized carbons (Fsp3) is 0.222. The molecule has 0 amide bonds. The summed E-state index contributed by atoms with van der Waals surface area (Å²) in [7, 11) is 0. The number of phenols is 1. The van der Waals surface area contributed by atoms with Crippen LogP contribution in [-0.2, 0) is 0 Å². The van der Waals surface area contributed by atoms with E-state index in [1.807, 2.05) is 0 Å². The molecule has 0 saturated carbocycles. The van der Waals surface area contributed by atoms with Gasteiger partial charge in [0.25, 0.3) is 0 Å². The normalized spacial score (nSPS) is 10.1. The maximum Gasteiger partial charge on any atom is 0.176 e. The maximum atomic E-state index is 11.2. The number of hydrogen-bond acceptors (Lipinski definition) is 3. The largest absolute Gasteiger partial charge is 0.508 e. The lowest BCUT2D eigenvalue weighted by Crippen LogP contribution is -2.13. The molecule has 0 spiro atoms. The SMILES string of the molecule is Cc1c(O)cc(C(=O)CN)cc1Br. The Bertz CT molecular complexity index is 326. The molecule has 70 valence electrons. The van der Waals surface area contributed by atoms with Crippen molar-refractivity contribution in [2.45, 2.75) is 6.92 Å². The van der Waals surface area contributed by atoms with Gasteiger partial charge in [0, 0.05) is 15.6 Å². The van der Waals surface area contributed by atoms with Crippen LogP contribution >= 0.6 is 15.9 Å². The van der Waals surface area contributed by atoms with Gasteiger partial charge in [-0.2, -0.15) is 0 Å². The molecule has 0 aliphatic rings. The maximum absolute atomic E-state index is 11.2. The van der Waals surface area contributed by atoms with Crippen molar-refractivity contribution in [1.29, 1.82) is 0 Å². The Morgan fingerprint density at radius 3 is 2.69 bits per heavy atom. The van der Waals surface area contributed by atoms with E-state index >= 15 is 0 Å². The fourth-order valence-corrected chi connectivity index (χ4v) is 1.39. The minimum absolute atomic E-state index is 0.0467. The first-order chi connectivity index (χ1) is 6.06. The van der Waals surface area contributed by atoms with Gasteiger partial charge in [0.15, 0.2) is 5.78 Å². The van der Waals surface area contributed by atoms with Gasteiger partial charge in [-0.3, -0.25) is 4.79 Å². The van der Waals surface area contributed by atoms with Gasteiger partial charge >= 0.3 is 0 Å². The summed E-state index contributed by atoms with van der Waals surface area (Å²) >= 11 is 3.24. The number of halogens is 1. The van der Waals surface area contributed by atoms with Gasteiger partial charge in [-0.15, -0.1) is 0 Å². The smallest absolute Gasteiger partial charge is 0.176 e. The molecule has 0 aliphatic heterocycles. The van der Waals surface area contributed by atoms with Crippen LogP contribution < -0.4 is 5.73 Å². The van der Waals surface area contributed by atoms with Crippen LogP contribution in [0.15, 0.2) is 16.6 Å². The lowest BCUT2D eigenvalue weighted by Gasteiger charge is -2.04. The molecule has 13 heavy (non-hydrogen) atoms. The van der Waals surface area contributed by atoms with Crippen LogP contribution in [-0.4, -0.2) is 17.4 Å². The highest BCUT2D eigenvalue weighted by atomic mass is 79.9. The first-order valence-electron chi connectivity index (χ1n) is 3.78. The minimum Gasteiger partial charge on any atom is -0.508 e. The van der Waals surface area contributed by atoms with Crippen LogP contribution in [0, 0.1) is 6.92 Å². The lowest BCUT2D eigenvalue weighted by molar-refractivity contribution is 0.100. The van der Waals surface area contributed by atoms with Crippen molar-refractivity contribution in [3.63, 3.8) is 0 Å². The molecule has 0 fully saturated rings. The second kappa shape index (κ2) is 3.89. The third-order valence-corrected chi connectivity index (χ3v) is 2.65. The van der Waals surface area contributed by atoms with Crippen LogP contribution in [0.3, 0.4) is 0 Å². The molecule has 3 N–H and O–H groups in total. The number of benzene rings is 1. The highest BCUT2D eigenvalue weighted by Crippen LogP contribution is 2.26. The zero-order valence-corrected chi connectivity index (χ0v) is 8.76. The Kier molecular flexibility index (Phi) is 3.06. The van der Waals surface area contributed by atoms with E-state index < -0.39 is 0 Å². The zero-order chi connectivity index (χ0) is 10.0. The van der Waals surface area contributed by atoms with Gasteiger partial charge in [-0.1, -0.05) is 15.9 Å². The van der Waals surface area contributed by atoms with Crippen molar-refractivity contribution in [2.24, 2.45) is 5.73 Å². The first-order valence-corrected chi connectivity index (χ1v) is 4.58. The molecule has 0 bridgehead atoms. The van der Waals surface area contributed by atoms with E-state index in [0.717, 1.165) is 0 Å². The number of Topliss-reactive ketones (excluding diaryl/α,β-unsaturated/α-hetero) is 1. The Balaban J connectivity index is 3.20. The fourth-order valence-electron chi connectivity index (χ4n) is 0.943. The van der Waals surface area contributed by atoms with Gasteiger partial charge in [0.05, 0.1) is 6.54 Å². The Hall–Kier alpha value is -0.870. The van der Waals surface area contributed by atoms with Crippen LogP contribution in [0.25, 0.3) is 0 Å². The summed E-state index contributed by atoms with van der Waals surface area (Å²) in [5.74, 6) is -0.0813. The van der Waals surface area contributed by atoms with E-state index in [4.69, 9.17) is 5.73 Å². The molecule has 0 aromatic heterocycles. The van der Waals surface area contributed by atoms with Gasteiger partial charge in [-0.05, 0) is 19.1 Å². The molecule has 0 radical (unpaired) electrons. The van der Waals surface area contributed by atoms with Gasteiger partial charge in [-0.25, -0.2) is 0 Å². The Morgan fingerprint density at radius 1 is 1.62 bits per heavy atom. The van der Waals surface area contributed by atoms with Crippen molar-refractivity contribution in [3.8, 4) is 5.75 Å². The Morgan fingerprint density at radius 2 is 2.23 bits per heavy atom. The molecule has 3 nitrogen and oxygen atoms in total. The van der Waals surface area contributed by atoms with Crippen molar-refractivity contribution in [1.82, 2.24) is 0 Å². The summed E-state index contributed by atoms with van der Waals surface area (Å²) in [6.45, 7) is 1.71. The van der Waals surface area contributed by atoms with Gasteiger partial charge in [0.2, 0.25) is 0 Å². The van der Waals surface area contributed by atoms with E-state index in [9.17, 15) is 9.90 Å². The minimum atomic E-state index is -0.184. The summed E-state index contributed by atoms with van der Waals surface area (Å²) in [4.78, 5) is 11.2. The number of hydrogen-bond donors (Lipinski definition) is 2. The highest BCUT2D eigenvalue weighted by molar-refractivity contribution is 9.10. The number of phenolic OH excluding ortho intramolecular Hbond substituents is 1. The molecule has 0 atom stereocenters. The van der Waals surface area contributed by atoms with Crippen LogP contribution in [0.2, 0.25) is 0 Å². The molecule has 0 unspecified atom stereocenters. The van der Waals surface area contributed by atoms with Crippen LogP contribution in [0.4, 0.5) is 0 Å². The summed E-state index contributed by atoms with van der Waals surface area (Å²) in [5.41, 5.74) is 6.34. The third-order valence-electron chi connectivity index (χ3n) is 1.82. The van der Waals surface area contributed by atoms with Gasteiger partial charge < -0.3 is 10.8 Å². The summed E-state index contributed by atoms with van der Waals surface area (Å²) in [6, 6.07) is 3.08. The molecule has 1 aromatic carbocycles. The van der Waals surface area contributed by atoms with Crippen LogP contribution in [0.5, 0.6) is 5.75 Å². The van der Waals surface area contributed by atoms with Crippen LogP contribution in [0.1, 0.15) is 15.9 Å². The van der Waals surface area contributed by atoms with Crippen molar-refractivity contribution < 1.29 is 9.90 Å². The second-order valence-corrected chi connectivity index (χ2v) is 3.58. The molecular weight excluding hydrogens is 234 g/mol.